The highest BCUT2D eigenvalue weighted by Gasteiger charge is 2.07. The van der Waals surface area contributed by atoms with Gasteiger partial charge in [0.05, 0.1) is 7.11 Å². The minimum absolute atomic E-state index is 0.153. The van der Waals surface area contributed by atoms with Gasteiger partial charge in [0.25, 0.3) is 0 Å². The molecule has 0 bridgehead atoms. The summed E-state index contributed by atoms with van der Waals surface area (Å²) in [6, 6.07) is 18.2. The third-order valence-electron chi connectivity index (χ3n) is 3.92. The molecule has 5 heteroatoms. The molecule has 0 radical (unpaired) electrons. The molecular formula is C20H22N4O. The van der Waals surface area contributed by atoms with Crippen LogP contribution in [0, 0.1) is 6.92 Å². The summed E-state index contributed by atoms with van der Waals surface area (Å²) in [7, 11) is 1.65. The molecule has 1 aromatic heterocycles. The summed E-state index contributed by atoms with van der Waals surface area (Å²) >= 11 is 0. The van der Waals surface area contributed by atoms with Gasteiger partial charge in [-0.15, -0.1) is 0 Å². The van der Waals surface area contributed by atoms with E-state index in [4.69, 9.17) is 4.74 Å². The number of ether oxygens (including phenoxy) is 1. The quantitative estimate of drug-likeness (QED) is 0.683. The van der Waals surface area contributed by atoms with Crippen molar-refractivity contribution in [1.29, 1.82) is 0 Å². The number of hydrogen-bond donors (Lipinski definition) is 2. The molecule has 0 spiro atoms. The molecule has 128 valence electrons. The number of aryl methyl sites for hydroxylation is 1. The predicted molar refractivity (Wildman–Crippen MR) is 102 cm³/mol. The third kappa shape index (κ3) is 4.47. The molecule has 0 saturated heterocycles. The normalized spacial score (nSPS) is 11.6. The number of anilines is 3. The summed E-state index contributed by atoms with van der Waals surface area (Å²) in [5, 5.41) is 6.61. The summed E-state index contributed by atoms with van der Waals surface area (Å²) in [6.45, 7) is 4.20. The second kappa shape index (κ2) is 7.66. The third-order valence-corrected chi connectivity index (χ3v) is 3.92. The number of nitrogens with zero attached hydrogens (tertiary/aromatic N) is 2. The number of nitrogens with one attached hydrogen (secondary N) is 2. The van der Waals surface area contributed by atoms with Gasteiger partial charge < -0.3 is 15.4 Å². The Morgan fingerprint density at radius 3 is 2.60 bits per heavy atom. The van der Waals surface area contributed by atoms with E-state index in [-0.39, 0.29) is 6.04 Å². The van der Waals surface area contributed by atoms with Crippen molar-refractivity contribution in [3.05, 3.63) is 71.9 Å². The molecule has 1 atom stereocenters. The lowest BCUT2D eigenvalue weighted by molar-refractivity contribution is 0.415. The summed E-state index contributed by atoms with van der Waals surface area (Å²) in [4.78, 5) is 8.81. The molecule has 0 aliphatic heterocycles. The van der Waals surface area contributed by atoms with Crippen molar-refractivity contribution in [3.63, 3.8) is 0 Å². The first kappa shape index (κ1) is 16.8. The molecule has 25 heavy (non-hydrogen) atoms. The van der Waals surface area contributed by atoms with Gasteiger partial charge in [-0.1, -0.05) is 35.9 Å². The van der Waals surface area contributed by atoms with Crippen LogP contribution in [0.2, 0.25) is 0 Å². The van der Waals surface area contributed by atoms with Crippen molar-refractivity contribution < 1.29 is 4.74 Å². The van der Waals surface area contributed by atoms with Crippen LogP contribution in [0.5, 0.6) is 5.75 Å². The molecule has 0 amide bonds. The Labute approximate surface area is 148 Å². The van der Waals surface area contributed by atoms with Crippen LogP contribution >= 0.6 is 0 Å². The van der Waals surface area contributed by atoms with Crippen LogP contribution in [-0.2, 0) is 0 Å². The molecule has 3 aromatic rings. The first-order chi connectivity index (χ1) is 12.1. The molecule has 1 heterocycles. The Hall–Kier alpha value is -3.08. The highest BCUT2D eigenvalue weighted by Crippen LogP contribution is 2.22. The summed E-state index contributed by atoms with van der Waals surface area (Å²) in [5.74, 6) is 2.09. The maximum absolute atomic E-state index is 5.23. The maximum atomic E-state index is 5.23. The van der Waals surface area contributed by atoms with Gasteiger partial charge in [0.1, 0.15) is 11.6 Å². The lowest BCUT2D eigenvalue weighted by Gasteiger charge is -2.16. The van der Waals surface area contributed by atoms with E-state index in [0.29, 0.717) is 5.95 Å². The zero-order valence-corrected chi connectivity index (χ0v) is 14.7. The van der Waals surface area contributed by atoms with Crippen LogP contribution in [0.4, 0.5) is 17.5 Å². The Morgan fingerprint density at radius 1 is 1.04 bits per heavy atom. The predicted octanol–water partition coefficient (Wildman–Crippen LogP) is 4.71. The summed E-state index contributed by atoms with van der Waals surface area (Å²) in [6.07, 6.45) is 1.74. The molecule has 1 unspecified atom stereocenters. The lowest BCUT2D eigenvalue weighted by Crippen LogP contribution is -2.09. The van der Waals surface area contributed by atoms with Crippen LogP contribution in [0.25, 0.3) is 0 Å². The van der Waals surface area contributed by atoms with Crippen LogP contribution in [-0.4, -0.2) is 17.1 Å². The highest BCUT2D eigenvalue weighted by atomic mass is 16.5. The minimum atomic E-state index is 0.153. The van der Waals surface area contributed by atoms with Crippen molar-refractivity contribution in [2.45, 2.75) is 19.9 Å². The van der Waals surface area contributed by atoms with Gasteiger partial charge in [-0.3, -0.25) is 0 Å². The van der Waals surface area contributed by atoms with Gasteiger partial charge in [-0.25, -0.2) is 4.98 Å². The first-order valence-corrected chi connectivity index (χ1v) is 8.21. The lowest BCUT2D eigenvalue weighted by atomic mass is 10.1. The van der Waals surface area contributed by atoms with Crippen molar-refractivity contribution in [2.24, 2.45) is 0 Å². The molecule has 0 saturated carbocycles. The molecule has 0 aliphatic carbocycles. The number of rotatable bonds is 6. The van der Waals surface area contributed by atoms with E-state index in [1.807, 2.05) is 30.3 Å². The number of aromatic nitrogens is 2. The van der Waals surface area contributed by atoms with Gasteiger partial charge in [0.2, 0.25) is 5.95 Å². The summed E-state index contributed by atoms with van der Waals surface area (Å²) < 4.78 is 5.23. The maximum Gasteiger partial charge on any atom is 0.229 e. The monoisotopic (exact) mass is 334 g/mol. The standard InChI is InChI=1S/C20H22N4O/c1-14-7-9-16(10-8-14)15(2)22-19-11-12-21-20(24-19)23-17-5-4-6-18(13-17)25-3/h4-13,15H,1-3H3,(H2,21,22,23,24). The SMILES string of the molecule is COc1cccc(Nc2nccc(NC(C)c3ccc(C)cc3)n2)c1. The largest absolute Gasteiger partial charge is 0.497 e. The first-order valence-electron chi connectivity index (χ1n) is 8.21. The van der Waals surface area contributed by atoms with Crippen molar-refractivity contribution in [1.82, 2.24) is 9.97 Å². The smallest absolute Gasteiger partial charge is 0.229 e. The molecule has 3 rings (SSSR count). The van der Waals surface area contributed by atoms with E-state index >= 15 is 0 Å². The van der Waals surface area contributed by atoms with Crippen molar-refractivity contribution in [2.75, 3.05) is 17.7 Å². The number of methoxy groups -OCH3 is 1. The van der Waals surface area contributed by atoms with E-state index in [0.717, 1.165) is 17.3 Å². The van der Waals surface area contributed by atoms with E-state index < -0.39 is 0 Å². The molecule has 0 aliphatic rings. The number of benzene rings is 2. The summed E-state index contributed by atoms with van der Waals surface area (Å²) in [5.41, 5.74) is 3.34. The van der Waals surface area contributed by atoms with E-state index in [2.05, 4.69) is 58.7 Å². The molecule has 0 fully saturated rings. The van der Waals surface area contributed by atoms with Crippen molar-refractivity contribution in [3.8, 4) is 5.75 Å². The highest BCUT2D eigenvalue weighted by molar-refractivity contribution is 5.57. The average Bonchev–Trinajstić information content (AvgIpc) is 2.62. The van der Waals surface area contributed by atoms with Crippen LogP contribution in [0.1, 0.15) is 24.1 Å². The zero-order chi connectivity index (χ0) is 17.6. The fraction of sp³-hybridized carbons (Fsp3) is 0.200. The van der Waals surface area contributed by atoms with Gasteiger partial charge in [0, 0.05) is 24.0 Å². The molecule has 2 N–H and O–H groups in total. The van der Waals surface area contributed by atoms with Gasteiger partial charge in [0.15, 0.2) is 0 Å². The van der Waals surface area contributed by atoms with Crippen LogP contribution < -0.4 is 15.4 Å². The Bertz CT molecular complexity index is 833. The molecule has 5 nitrogen and oxygen atoms in total. The van der Waals surface area contributed by atoms with Crippen LogP contribution in [0.15, 0.2) is 60.8 Å². The second-order valence-electron chi connectivity index (χ2n) is 5.90. The van der Waals surface area contributed by atoms with Gasteiger partial charge in [-0.05, 0) is 37.6 Å². The Kier molecular flexibility index (Phi) is 5.14. The van der Waals surface area contributed by atoms with E-state index in [1.165, 1.54) is 11.1 Å². The van der Waals surface area contributed by atoms with Gasteiger partial charge in [-0.2, -0.15) is 4.98 Å². The fourth-order valence-corrected chi connectivity index (χ4v) is 2.49. The van der Waals surface area contributed by atoms with E-state index in [1.54, 1.807) is 13.3 Å². The average molecular weight is 334 g/mol. The minimum Gasteiger partial charge on any atom is -0.497 e. The van der Waals surface area contributed by atoms with Gasteiger partial charge >= 0.3 is 0 Å². The molecular weight excluding hydrogens is 312 g/mol. The Balaban J connectivity index is 1.71. The van der Waals surface area contributed by atoms with Crippen molar-refractivity contribution >= 4 is 17.5 Å². The zero-order valence-electron chi connectivity index (χ0n) is 14.7. The Morgan fingerprint density at radius 2 is 1.84 bits per heavy atom. The topological polar surface area (TPSA) is 59.1 Å². The second-order valence-corrected chi connectivity index (χ2v) is 5.90. The number of hydrogen-bond acceptors (Lipinski definition) is 5. The molecule has 2 aromatic carbocycles. The van der Waals surface area contributed by atoms with E-state index in [9.17, 15) is 0 Å². The van der Waals surface area contributed by atoms with Crippen LogP contribution in [0.3, 0.4) is 0 Å². The fourth-order valence-electron chi connectivity index (χ4n) is 2.49.